The summed E-state index contributed by atoms with van der Waals surface area (Å²) < 4.78 is 10.9. The van der Waals surface area contributed by atoms with Gasteiger partial charge in [-0.25, -0.2) is 0 Å². The minimum atomic E-state index is -1.51. The quantitative estimate of drug-likeness (QED) is 0.564. The average Bonchev–Trinajstić information content (AvgIpc) is 2.44. The number of carboxylic acid groups (broad SMARTS) is 1. The van der Waals surface area contributed by atoms with Crippen molar-refractivity contribution in [2.75, 3.05) is 13.7 Å². The van der Waals surface area contributed by atoms with Gasteiger partial charge in [-0.1, -0.05) is 19.9 Å². The fraction of sp³-hybridized carbons (Fsp3) is 0.375. The van der Waals surface area contributed by atoms with Crippen molar-refractivity contribution >= 4 is 12.0 Å². The summed E-state index contributed by atoms with van der Waals surface area (Å²) in [7, 11) is 1.50. The molecule has 0 heterocycles. The zero-order chi connectivity index (χ0) is 15.8. The molecule has 0 unspecified atom stereocenters. The number of rotatable bonds is 7. The van der Waals surface area contributed by atoms with Crippen LogP contribution in [0.15, 0.2) is 23.8 Å². The Kier molecular flexibility index (Phi) is 6.28. The van der Waals surface area contributed by atoms with E-state index in [-0.39, 0.29) is 0 Å². The van der Waals surface area contributed by atoms with E-state index in [4.69, 9.17) is 14.7 Å². The number of aliphatic carboxylic acids is 1. The standard InChI is InChI=1S/C16H19NO4/c1-11(2)6-7-21-14-5-4-12(9-15(14)20-3)8-13(10-17)16(18)19/h4-5,8-9,11H,6-7H2,1-3H3,(H,18,19)/p-1/b13-8+. The van der Waals surface area contributed by atoms with Crippen molar-refractivity contribution < 1.29 is 19.4 Å². The van der Waals surface area contributed by atoms with Crippen molar-refractivity contribution in [3.8, 4) is 17.6 Å². The maximum absolute atomic E-state index is 10.7. The molecule has 0 fully saturated rings. The summed E-state index contributed by atoms with van der Waals surface area (Å²) in [6, 6.07) is 6.54. The molecule has 21 heavy (non-hydrogen) atoms. The zero-order valence-electron chi connectivity index (χ0n) is 12.4. The van der Waals surface area contributed by atoms with E-state index in [1.54, 1.807) is 24.3 Å². The summed E-state index contributed by atoms with van der Waals surface area (Å²) in [5.41, 5.74) is 0.0920. The van der Waals surface area contributed by atoms with E-state index < -0.39 is 11.5 Å². The Bertz CT molecular complexity index is 570. The van der Waals surface area contributed by atoms with Crippen LogP contribution in [0.2, 0.25) is 0 Å². The predicted octanol–water partition coefficient (Wildman–Crippen LogP) is 1.78. The van der Waals surface area contributed by atoms with Crippen molar-refractivity contribution in [2.24, 2.45) is 5.92 Å². The fourth-order valence-electron chi connectivity index (χ4n) is 1.60. The Morgan fingerprint density at radius 2 is 2.14 bits per heavy atom. The molecular weight excluding hydrogens is 270 g/mol. The molecule has 1 rings (SSSR count). The molecule has 5 nitrogen and oxygen atoms in total. The molecule has 0 aliphatic carbocycles. The lowest BCUT2D eigenvalue weighted by Gasteiger charge is -2.12. The van der Waals surface area contributed by atoms with Gasteiger partial charge in [0.15, 0.2) is 11.5 Å². The van der Waals surface area contributed by atoms with Crippen molar-refractivity contribution in [2.45, 2.75) is 20.3 Å². The fourth-order valence-corrected chi connectivity index (χ4v) is 1.60. The second-order valence-electron chi connectivity index (χ2n) is 4.90. The first-order valence-electron chi connectivity index (χ1n) is 6.62. The van der Waals surface area contributed by atoms with Gasteiger partial charge in [-0.3, -0.25) is 0 Å². The van der Waals surface area contributed by atoms with Crippen molar-refractivity contribution in [1.82, 2.24) is 0 Å². The molecule has 0 aliphatic heterocycles. The van der Waals surface area contributed by atoms with Crippen LogP contribution in [0.5, 0.6) is 11.5 Å². The van der Waals surface area contributed by atoms with Gasteiger partial charge in [0.1, 0.15) is 6.07 Å². The van der Waals surface area contributed by atoms with Crippen LogP contribution in [0.4, 0.5) is 0 Å². The summed E-state index contributed by atoms with van der Waals surface area (Å²) in [4.78, 5) is 10.7. The van der Waals surface area contributed by atoms with Gasteiger partial charge in [0.25, 0.3) is 0 Å². The molecule has 0 saturated carbocycles. The van der Waals surface area contributed by atoms with Gasteiger partial charge in [-0.2, -0.15) is 5.26 Å². The molecule has 0 amide bonds. The van der Waals surface area contributed by atoms with Crippen LogP contribution < -0.4 is 14.6 Å². The molecule has 0 aliphatic rings. The number of nitrogens with zero attached hydrogens (tertiary/aromatic N) is 1. The van der Waals surface area contributed by atoms with Crippen LogP contribution in [0.1, 0.15) is 25.8 Å². The summed E-state index contributed by atoms with van der Waals surface area (Å²) >= 11 is 0. The summed E-state index contributed by atoms with van der Waals surface area (Å²) in [5.74, 6) is 0.110. The number of carbonyl (C=O) groups is 1. The molecular formula is C16H18NO4-. The number of hydrogen-bond donors (Lipinski definition) is 0. The Labute approximate surface area is 124 Å². The second-order valence-corrected chi connectivity index (χ2v) is 4.90. The monoisotopic (exact) mass is 288 g/mol. The number of ether oxygens (including phenoxy) is 2. The third-order valence-electron chi connectivity index (χ3n) is 2.79. The Balaban J connectivity index is 2.93. The first-order valence-corrected chi connectivity index (χ1v) is 6.62. The van der Waals surface area contributed by atoms with E-state index in [2.05, 4.69) is 13.8 Å². The molecule has 0 saturated heterocycles. The number of nitriles is 1. The van der Waals surface area contributed by atoms with E-state index in [1.165, 1.54) is 13.2 Å². The molecule has 1 aromatic carbocycles. The Morgan fingerprint density at radius 1 is 1.43 bits per heavy atom. The normalized spacial score (nSPS) is 11.1. The molecule has 0 bridgehead atoms. The van der Waals surface area contributed by atoms with Gasteiger partial charge >= 0.3 is 0 Å². The number of carboxylic acids is 1. The Hall–Kier alpha value is -2.48. The largest absolute Gasteiger partial charge is 0.544 e. The summed E-state index contributed by atoms with van der Waals surface area (Å²) in [5, 5.41) is 19.4. The summed E-state index contributed by atoms with van der Waals surface area (Å²) in [6.07, 6.45) is 2.16. The van der Waals surface area contributed by atoms with Crippen LogP contribution in [0.3, 0.4) is 0 Å². The number of methoxy groups -OCH3 is 1. The molecule has 0 radical (unpaired) electrons. The predicted molar refractivity (Wildman–Crippen MR) is 76.5 cm³/mol. The third kappa shape index (κ3) is 5.19. The van der Waals surface area contributed by atoms with Crippen LogP contribution in [-0.2, 0) is 4.79 Å². The molecule has 112 valence electrons. The molecule has 5 heteroatoms. The van der Waals surface area contributed by atoms with E-state index in [0.29, 0.717) is 29.6 Å². The zero-order valence-corrected chi connectivity index (χ0v) is 12.4. The first kappa shape index (κ1) is 16.6. The molecule has 0 aromatic heterocycles. The maximum atomic E-state index is 10.7. The minimum absolute atomic E-state index is 0.439. The van der Waals surface area contributed by atoms with Crippen LogP contribution in [0, 0.1) is 17.2 Å². The number of carbonyl (C=O) groups excluding carboxylic acids is 1. The van der Waals surface area contributed by atoms with E-state index in [1.807, 2.05) is 0 Å². The molecule has 0 N–H and O–H groups in total. The van der Waals surface area contributed by atoms with E-state index in [0.717, 1.165) is 6.42 Å². The van der Waals surface area contributed by atoms with E-state index in [9.17, 15) is 9.90 Å². The smallest absolute Gasteiger partial charge is 0.161 e. The Morgan fingerprint density at radius 3 is 2.67 bits per heavy atom. The number of benzene rings is 1. The lowest BCUT2D eigenvalue weighted by Crippen LogP contribution is -2.23. The van der Waals surface area contributed by atoms with Gasteiger partial charge in [-0.05, 0) is 36.1 Å². The van der Waals surface area contributed by atoms with E-state index >= 15 is 0 Å². The lowest BCUT2D eigenvalue weighted by atomic mass is 10.1. The van der Waals surface area contributed by atoms with Crippen LogP contribution in [0.25, 0.3) is 6.08 Å². The topological polar surface area (TPSA) is 82.4 Å². The lowest BCUT2D eigenvalue weighted by molar-refractivity contribution is -0.298. The van der Waals surface area contributed by atoms with Crippen LogP contribution in [-0.4, -0.2) is 19.7 Å². The minimum Gasteiger partial charge on any atom is -0.544 e. The van der Waals surface area contributed by atoms with Crippen LogP contribution >= 0.6 is 0 Å². The van der Waals surface area contributed by atoms with Crippen molar-refractivity contribution in [3.63, 3.8) is 0 Å². The third-order valence-corrected chi connectivity index (χ3v) is 2.79. The highest BCUT2D eigenvalue weighted by atomic mass is 16.5. The summed E-state index contributed by atoms with van der Waals surface area (Å²) in [6.45, 7) is 4.79. The molecule has 0 atom stereocenters. The van der Waals surface area contributed by atoms with Gasteiger partial charge < -0.3 is 19.4 Å². The average molecular weight is 288 g/mol. The molecule has 0 spiro atoms. The van der Waals surface area contributed by atoms with Gasteiger partial charge in [0, 0.05) is 0 Å². The highest BCUT2D eigenvalue weighted by molar-refractivity contribution is 5.95. The van der Waals surface area contributed by atoms with Gasteiger partial charge in [-0.15, -0.1) is 0 Å². The van der Waals surface area contributed by atoms with Crippen molar-refractivity contribution in [3.05, 3.63) is 29.3 Å². The highest BCUT2D eigenvalue weighted by Crippen LogP contribution is 2.29. The SMILES string of the molecule is COc1cc(/C=C(\C#N)C(=O)[O-])ccc1OCCC(C)C. The van der Waals surface area contributed by atoms with Crippen molar-refractivity contribution in [1.29, 1.82) is 5.26 Å². The number of hydrogen-bond acceptors (Lipinski definition) is 5. The van der Waals surface area contributed by atoms with Gasteiger partial charge in [0.05, 0.1) is 25.3 Å². The second kappa shape index (κ2) is 7.95. The first-order chi connectivity index (χ1) is 9.97. The maximum Gasteiger partial charge on any atom is 0.161 e. The highest BCUT2D eigenvalue weighted by Gasteiger charge is 2.06. The molecule has 1 aromatic rings. The van der Waals surface area contributed by atoms with Gasteiger partial charge in [0.2, 0.25) is 0 Å².